The fraction of sp³-hybridized carbons (Fsp3) is 0.571. The maximum atomic E-state index is 11.3. The van der Waals surface area contributed by atoms with Crippen LogP contribution >= 0.6 is 0 Å². The van der Waals surface area contributed by atoms with E-state index in [9.17, 15) is 4.21 Å². The molecule has 1 saturated heterocycles. The van der Waals surface area contributed by atoms with Gasteiger partial charge < -0.3 is 10.2 Å². The van der Waals surface area contributed by atoms with Crippen molar-refractivity contribution in [3.8, 4) is 0 Å². The summed E-state index contributed by atoms with van der Waals surface area (Å²) in [6.07, 6.45) is 2.04. The third-order valence-corrected chi connectivity index (χ3v) is 4.57. The van der Waals surface area contributed by atoms with Gasteiger partial charge >= 0.3 is 0 Å². The predicted molar refractivity (Wildman–Crippen MR) is 78.4 cm³/mol. The molecule has 1 aliphatic rings. The van der Waals surface area contributed by atoms with Crippen molar-refractivity contribution in [2.45, 2.75) is 25.4 Å². The Morgan fingerprint density at radius 3 is 2.72 bits per heavy atom. The van der Waals surface area contributed by atoms with Crippen molar-refractivity contribution in [1.82, 2.24) is 4.90 Å². The van der Waals surface area contributed by atoms with Gasteiger partial charge in [0.15, 0.2) is 0 Å². The molecule has 1 heterocycles. The van der Waals surface area contributed by atoms with E-state index in [1.165, 1.54) is 11.3 Å². The third-order valence-electron chi connectivity index (χ3n) is 3.18. The lowest BCUT2D eigenvalue weighted by atomic mass is 10.1. The zero-order chi connectivity index (χ0) is 13.0. The first-order chi connectivity index (χ1) is 8.63. The zero-order valence-electron chi connectivity index (χ0n) is 11.2. The molecule has 0 atom stereocenters. The van der Waals surface area contributed by atoms with E-state index in [0.29, 0.717) is 6.04 Å². The van der Waals surface area contributed by atoms with E-state index in [4.69, 9.17) is 0 Å². The smallest absolute Gasteiger partial charge is 0.0345 e. The topological polar surface area (TPSA) is 32.3 Å². The largest absolute Gasteiger partial charge is 0.382 e. The highest BCUT2D eigenvalue weighted by Gasteiger charge is 2.17. The summed E-state index contributed by atoms with van der Waals surface area (Å²) < 4.78 is 11.3. The van der Waals surface area contributed by atoms with Crippen LogP contribution < -0.4 is 5.32 Å². The Hall–Kier alpha value is -0.870. The summed E-state index contributed by atoms with van der Waals surface area (Å²) in [5.41, 5.74) is 2.51. The molecule has 100 valence electrons. The van der Waals surface area contributed by atoms with E-state index in [0.717, 1.165) is 30.9 Å². The maximum Gasteiger partial charge on any atom is 0.0345 e. The standard InChI is InChI=1S/C14H22N2OS/c1-16(2)11-12-4-3-5-14(10-12)15-13-6-8-18(17)9-7-13/h3-5,10,13,15H,6-9,11H2,1-2H3. The number of nitrogens with one attached hydrogen (secondary N) is 1. The molecule has 0 aromatic heterocycles. The second kappa shape index (κ2) is 6.34. The van der Waals surface area contributed by atoms with Gasteiger partial charge in [-0.2, -0.15) is 0 Å². The van der Waals surface area contributed by atoms with Gasteiger partial charge in [0.25, 0.3) is 0 Å². The second-order valence-electron chi connectivity index (χ2n) is 5.20. The summed E-state index contributed by atoms with van der Waals surface area (Å²) in [6.45, 7) is 0.963. The van der Waals surface area contributed by atoms with Gasteiger partial charge in [0.05, 0.1) is 0 Å². The van der Waals surface area contributed by atoms with E-state index in [1.807, 2.05) is 0 Å². The van der Waals surface area contributed by atoms with Crippen molar-refractivity contribution < 1.29 is 4.21 Å². The maximum absolute atomic E-state index is 11.3. The Balaban J connectivity index is 1.94. The minimum atomic E-state index is -0.578. The number of hydrogen-bond acceptors (Lipinski definition) is 3. The molecule has 0 aliphatic carbocycles. The highest BCUT2D eigenvalue weighted by Crippen LogP contribution is 2.18. The first-order valence-corrected chi connectivity index (χ1v) is 7.97. The minimum Gasteiger partial charge on any atom is -0.382 e. The first-order valence-electron chi connectivity index (χ1n) is 6.48. The van der Waals surface area contributed by atoms with Crippen molar-refractivity contribution in [1.29, 1.82) is 0 Å². The average Bonchev–Trinajstić information content (AvgIpc) is 2.32. The average molecular weight is 266 g/mol. The van der Waals surface area contributed by atoms with Gasteiger partial charge in [-0.25, -0.2) is 0 Å². The van der Waals surface area contributed by atoms with E-state index in [-0.39, 0.29) is 0 Å². The lowest BCUT2D eigenvalue weighted by Gasteiger charge is -2.24. The molecule has 1 N–H and O–H groups in total. The van der Waals surface area contributed by atoms with Crippen molar-refractivity contribution >= 4 is 16.5 Å². The Labute approximate surface area is 112 Å². The van der Waals surface area contributed by atoms with Crippen LogP contribution in [-0.2, 0) is 17.3 Å². The quantitative estimate of drug-likeness (QED) is 0.905. The molecule has 0 amide bonds. The van der Waals surface area contributed by atoms with Crippen LogP contribution in [0.5, 0.6) is 0 Å². The van der Waals surface area contributed by atoms with Crippen LogP contribution in [0.15, 0.2) is 24.3 Å². The van der Waals surface area contributed by atoms with Crippen molar-refractivity contribution in [2.24, 2.45) is 0 Å². The van der Waals surface area contributed by atoms with Crippen LogP contribution in [-0.4, -0.2) is 40.8 Å². The number of benzene rings is 1. The van der Waals surface area contributed by atoms with E-state index < -0.39 is 10.8 Å². The summed E-state index contributed by atoms with van der Waals surface area (Å²) in [4.78, 5) is 2.17. The molecule has 1 fully saturated rings. The van der Waals surface area contributed by atoms with E-state index in [2.05, 4.69) is 48.6 Å². The molecule has 0 saturated carbocycles. The molecule has 0 spiro atoms. The lowest BCUT2D eigenvalue weighted by molar-refractivity contribution is 0.402. The normalized spacial score (nSPS) is 24.2. The summed E-state index contributed by atoms with van der Waals surface area (Å²) in [6, 6.07) is 9.07. The summed E-state index contributed by atoms with van der Waals surface area (Å²) >= 11 is 0. The van der Waals surface area contributed by atoms with Gasteiger partial charge in [-0.3, -0.25) is 4.21 Å². The van der Waals surface area contributed by atoms with Crippen LogP contribution in [0.2, 0.25) is 0 Å². The first kappa shape index (κ1) is 13.6. The van der Waals surface area contributed by atoms with Gasteiger partial charge in [0.2, 0.25) is 0 Å². The third kappa shape index (κ3) is 4.10. The van der Waals surface area contributed by atoms with Crippen molar-refractivity contribution in [2.75, 3.05) is 30.9 Å². The molecule has 0 radical (unpaired) electrons. The molecule has 18 heavy (non-hydrogen) atoms. The molecule has 1 aromatic rings. The van der Waals surface area contributed by atoms with Gasteiger partial charge in [-0.1, -0.05) is 12.1 Å². The molecule has 2 rings (SSSR count). The van der Waals surface area contributed by atoms with Gasteiger partial charge in [0, 0.05) is 40.6 Å². The van der Waals surface area contributed by atoms with Crippen LogP contribution in [0, 0.1) is 0 Å². The SMILES string of the molecule is CN(C)Cc1cccc(NC2CCS(=O)CC2)c1. The fourth-order valence-corrected chi connectivity index (χ4v) is 3.60. The van der Waals surface area contributed by atoms with Crippen LogP contribution in [0.1, 0.15) is 18.4 Å². The number of rotatable bonds is 4. The fourth-order valence-electron chi connectivity index (χ4n) is 2.30. The summed E-state index contributed by atoms with van der Waals surface area (Å²) in [7, 11) is 3.58. The highest BCUT2D eigenvalue weighted by atomic mass is 32.2. The summed E-state index contributed by atoms with van der Waals surface area (Å²) in [5.74, 6) is 1.68. The molecule has 1 aliphatic heterocycles. The Morgan fingerprint density at radius 2 is 2.06 bits per heavy atom. The van der Waals surface area contributed by atoms with E-state index in [1.54, 1.807) is 0 Å². The predicted octanol–water partition coefficient (Wildman–Crippen LogP) is 2.07. The molecule has 0 unspecified atom stereocenters. The van der Waals surface area contributed by atoms with Crippen LogP contribution in [0.4, 0.5) is 5.69 Å². The molecule has 0 bridgehead atoms. The van der Waals surface area contributed by atoms with Gasteiger partial charge in [0.1, 0.15) is 0 Å². The molecule has 1 aromatic carbocycles. The zero-order valence-corrected chi connectivity index (χ0v) is 12.0. The van der Waals surface area contributed by atoms with Crippen molar-refractivity contribution in [3.63, 3.8) is 0 Å². The Morgan fingerprint density at radius 1 is 1.33 bits per heavy atom. The Kier molecular flexibility index (Phi) is 4.78. The monoisotopic (exact) mass is 266 g/mol. The number of nitrogens with zero attached hydrogens (tertiary/aromatic N) is 1. The van der Waals surface area contributed by atoms with Gasteiger partial charge in [-0.05, 0) is 44.6 Å². The lowest BCUT2D eigenvalue weighted by Crippen LogP contribution is -2.29. The number of anilines is 1. The second-order valence-corrected chi connectivity index (χ2v) is 6.90. The molecule has 3 nitrogen and oxygen atoms in total. The molecular weight excluding hydrogens is 244 g/mol. The van der Waals surface area contributed by atoms with E-state index >= 15 is 0 Å². The van der Waals surface area contributed by atoms with Crippen molar-refractivity contribution in [3.05, 3.63) is 29.8 Å². The minimum absolute atomic E-state index is 0.484. The summed E-state index contributed by atoms with van der Waals surface area (Å²) in [5, 5.41) is 3.56. The molecular formula is C14H22N2OS. The van der Waals surface area contributed by atoms with Crippen LogP contribution in [0.3, 0.4) is 0 Å². The number of hydrogen-bond donors (Lipinski definition) is 1. The molecule has 4 heteroatoms. The highest BCUT2D eigenvalue weighted by molar-refractivity contribution is 7.85. The van der Waals surface area contributed by atoms with Crippen LogP contribution in [0.25, 0.3) is 0 Å². The van der Waals surface area contributed by atoms with Gasteiger partial charge in [-0.15, -0.1) is 0 Å². The Bertz CT molecular complexity index is 410.